The van der Waals surface area contributed by atoms with E-state index in [9.17, 15) is 0 Å². The van der Waals surface area contributed by atoms with Crippen LogP contribution in [-0.4, -0.2) is 16.6 Å². The molecule has 0 aromatic carbocycles. The van der Waals surface area contributed by atoms with Crippen LogP contribution in [0.25, 0.3) is 0 Å². The number of ether oxygens (including phenoxy) is 1. The molecule has 66 valence electrons. The lowest BCUT2D eigenvalue weighted by atomic mass is 10.4. The molecular formula is C7H8Cl2N2O. The average molecular weight is 207 g/mol. The predicted molar refractivity (Wildman–Crippen MR) is 47.8 cm³/mol. The highest BCUT2D eigenvalue weighted by Gasteiger charge is 2.01. The molecule has 1 aromatic rings. The normalized spacial score (nSPS) is 9.92. The van der Waals surface area contributed by atoms with Gasteiger partial charge in [-0.2, -0.15) is 4.98 Å². The molecule has 0 spiro atoms. The van der Waals surface area contributed by atoms with Crippen molar-refractivity contribution in [3.8, 4) is 5.88 Å². The van der Waals surface area contributed by atoms with Crippen LogP contribution in [-0.2, 0) is 5.88 Å². The largest absolute Gasteiger partial charge is 0.478 e. The molecule has 0 fully saturated rings. The molecule has 0 aliphatic carbocycles. The summed E-state index contributed by atoms with van der Waals surface area (Å²) in [5.74, 6) is 0.774. The molecule has 1 rings (SSSR count). The summed E-state index contributed by atoms with van der Waals surface area (Å²) in [4.78, 5) is 7.72. The number of alkyl halides is 1. The summed E-state index contributed by atoms with van der Waals surface area (Å²) in [6.07, 6.45) is 0. The third-order valence-corrected chi connectivity index (χ3v) is 1.60. The molecule has 0 saturated heterocycles. The maximum absolute atomic E-state index is 5.60. The van der Waals surface area contributed by atoms with Crippen LogP contribution in [0.3, 0.4) is 0 Å². The minimum absolute atomic E-state index is 0.164. The van der Waals surface area contributed by atoms with E-state index in [4.69, 9.17) is 27.9 Å². The van der Waals surface area contributed by atoms with Crippen LogP contribution in [0.4, 0.5) is 0 Å². The highest BCUT2D eigenvalue weighted by molar-refractivity contribution is 6.28. The van der Waals surface area contributed by atoms with Crippen LogP contribution in [0.5, 0.6) is 5.88 Å². The summed E-state index contributed by atoms with van der Waals surface area (Å²) in [5, 5.41) is 0.164. The fourth-order valence-electron chi connectivity index (χ4n) is 0.732. The predicted octanol–water partition coefficient (Wildman–Crippen LogP) is 2.27. The molecule has 0 saturated carbocycles. The summed E-state index contributed by atoms with van der Waals surface area (Å²) in [5.41, 5.74) is 0.667. The summed E-state index contributed by atoms with van der Waals surface area (Å²) in [6, 6.07) is 1.67. The van der Waals surface area contributed by atoms with Gasteiger partial charge in [0.2, 0.25) is 11.2 Å². The monoisotopic (exact) mass is 206 g/mol. The number of aromatic nitrogens is 2. The van der Waals surface area contributed by atoms with Crippen molar-refractivity contribution in [3.63, 3.8) is 0 Å². The standard InChI is InChI=1S/C7H8Cl2N2O/c1-2-12-6-3-5(4-8)10-7(9)11-6/h3H,2,4H2,1H3. The van der Waals surface area contributed by atoms with Crippen molar-refractivity contribution in [2.75, 3.05) is 6.61 Å². The van der Waals surface area contributed by atoms with Gasteiger partial charge < -0.3 is 4.74 Å². The summed E-state index contributed by atoms with van der Waals surface area (Å²) in [7, 11) is 0. The molecule has 0 bridgehead atoms. The molecule has 0 radical (unpaired) electrons. The van der Waals surface area contributed by atoms with E-state index >= 15 is 0 Å². The average Bonchev–Trinajstić information content (AvgIpc) is 2.04. The van der Waals surface area contributed by atoms with E-state index in [1.165, 1.54) is 0 Å². The van der Waals surface area contributed by atoms with Crippen LogP contribution < -0.4 is 4.74 Å². The van der Waals surface area contributed by atoms with Gasteiger partial charge in [-0.15, -0.1) is 11.6 Å². The Kier molecular flexibility index (Phi) is 3.56. The highest BCUT2D eigenvalue weighted by atomic mass is 35.5. The Morgan fingerprint density at radius 3 is 2.83 bits per heavy atom. The van der Waals surface area contributed by atoms with E-state index in [2.05, 4.69) is 9.97 Å². The van der Waals surface area contributed by atoms with Crippen LogP contribution >= 0.6 is 23.2 Å². The van der Waals surface area contributed by atoms with Gasteiger partial charge in [0, 0.05) is 6.07 Å². The number of hydrogen-bond donors (Lipinski definition) is 0. The number of rotatable bonds is 3. The molecule has 5 heteroatoms. The van der Waals surface area contributed by atoms with E-state index in [1.54, 1.807) is 6.07 Å². The molecule has 0 N–H and O–H groups in total. The maximum Gasteiger partial charge on any atom is 0.225 e. The van der Waals surface area contributed by atoms with Crippen molar-refractivity contribution in [2.45, 2.75) is 12.8 Å². The number of halogens is 2. The van der Waals surface area contributed by atoms with E-state index in [0.29, 0.717) is 24.1 Å². The molecule has 12 heavy (non-hydrogen) atoms. The van der Waals surface area contributed by atoms with Crippen LogP contribution in [0.2, 0.25) is 5.28 Å². The molecule has 0 atom stereocenters. The summed E-state index contributed by atoms with van der Waals surface area (Å²) >= 11 is 11.2. The summed E-state index contributed by atoms with van der Waals surface area (Å²) in [6.45, 7) is 2.42. The zero-order valence-electron chi connectivity index (χ0n) is 6.55. The van der Waals surface area contributed by atoms with Gasteiger partial charge in [-0.3, -0.25) is 0 Å². The number of hydrogen-bond acceptors (Lipinski definition) is 3. The Balaban J connectivity index is 2.90. The molecule has 0 aliphatic rings. The van der Waals surface area contributed by atoms with Crippen molar-refractivity contribution >= 4 is 23.2 Å². The molecular weight excluding hydrogens is 199 g/mol. The van der Waals surface area contributed by atoms with Crippen molar-refractivity contribution in [1.82, 2.24) is 9.97 Å². The minimum Gasteiger partial charge on any atom is -0.478 e. The topological polar surface area (TPSA) is 35.0 Å². The zero-order chi connectivity index (χ0) is 8.97. The quantitative estimate of drug-likeness (QED) is 0.563. The van der Waals surface area contributed by atoms with Crippen molar-refractivity contribution in [3.05, 3.63) is 17.0 Å². The number of nitrogens with zero attached hydrogens (tertiary/aromatic N) is 2. The molecule has 1 heterocycles. The lowest BCUT2D eigenvalue weighted by Gasteiger charge is -2.02. The second-order valence-corrected chi connectivity index (χ2v) is 2.64. The Hall–Kier alpha value is -0.540. The van der Waals surface area contributed by atoms with Gasteiger partial charge in [0.25, 0.3) is 0 Å². The van der Waals surface area contributed by atoms with Gasteiger partial charge in [-0.25, -0.2) is 4.98 Å². The van der Waals surface area contributed by atoms with Crippen molar-refractivity contribution in [2.24, 2.45) is 0 Å². The van der Waals surface area contributed by atoms with Crippen LogP contribution in [0.15, 0.2) is 6.07 Å². The first-order valence-corrected chi connectivity index (χ1v) is 4.39. The fourth-order valence-corrected chi connectivity index (χ4v) is 1.06. The first kappa shape index (κ1) is 9.55. The smallest absolute Gasteiger partial charge is 0.225 e. The Morgan fingerprint density at radius 2 is 2.25 bits per heavy atom. The lowest BCUT2D eigenvalue weighted by molar-refractivity contribution is 0.326. The molecule has 0 aliphatic heterocycles. The van der Waals surface area contributed by atoms with Gasteiger partial charge in [0.1, 0.15) is 0 Å². The zero-order valence-corrected chi connectivity index (χ0v) is 8.06. The van der Waals surface area contributed by atoms with Gasteiger partial charge in [-0.05, 0) is 18.5 Å². The minimum atomic E-state index is 0.164. The first-order valence-electron chi connectivity index (χ1n) is 3.48. The Morgan fingerprint density at radius 1 is 1.50 bits per heavy atom. The highest BCUT2D eigenvalue weighted by Crippen LogP contribution is 2.13. The fraction of sp³-hybridized carbons (Fsp3) is 0.429. The Bertz CT molecular complexity index is 268. The molecule has 0 amide bonds. The van der Waals surface area contributed by atoms with Crippen LogP contribution in [0.1, 0.15) is 12.6 Å². The van der Waals surface area contributed by atoms with E-state index < -0.39 is 0 Å². The van der Waals surface area contributed by atoms with Gasteiger partial charge in [0.05, 0.1) is 18.2 Å². The lowest BCUT2D eigenvalue weighted by Crippen LogP contribution is -1.97. The SMILES string of the molecule is CCOc1cc(CCl)nc(Cl)n1. The first-order chi connectivity index (χ1) is 5.76. The molecule has 1 aromatic heterocycles. The third-order valence-electron chi connectivity index (χ3n) is 1.16. The van der Waals surface area contributed by atoms with E-state index in [1.807, 2.05) is 6.92 Å². The maximum atomic E-state index is 5.60. The van der Waals surface area contributed by atoms with Crippen molar-refractivity contribution in [1.29, 1.82) is 0 Å². The summed E-state index contributed by atoms with van der Waals surface area (Å²) < 4.78 is 5.13. The second kappa shape index (κ2) is 4.48. The van der Waals surface area contributed by atoms with Crippen molar-refractivity contribution < 1.29 is 4.74 Å². The van der Waals surface area contributed by atoms with Gasteiger partial charge in [-0.1, -0.05) is 0 Å². The molecule has 0 unspecified atom stereocenters. The van der Waals surface area contributed by atoms with Gasteiger partial charge >= 0.3 is 0 Å². The van der Waals surface area contributed by atoms with Crippen LogP contribution in [0, 0.1) is 0 Å². The van der Waals surface area contributed by atoms with Gasteiger partial charge in [0.15, 0.2) is 0 Å². The van der Waals surface area contributed by atoms with E-state index in [-0.39, 0.29) is 5.28 Å². The third kappa shape index (κ3) is 2.50. The second-order valence-electron chi connectivity index (χ2n) is 2.03. The molecule has 3 nitrogen and oxygen atoms in total. The van der Waals surface area contributed by atoms with E-state index in [0.717, 1.165) is 0 Å². The Labute approximate surface area is 80.7 Å².